The van der Waals surface area contributed by atoms with Crippen LogP contribution in [0.2, 0.25) is 0 Å². The summed E-state index contributed by atoms with van der Waals surface area (Å²) in [4.78, 5) is 23.2. The second kappa shape index (κ2) is 4.36. The van der Waals surface area contributed by atoms with Crippen LogP contribution in [0.1, 0.15) is 12.8 Å². The Bertz CT molecular complexity index is 247. The van der Waals surface area contributed by atoms with Gasteiger partial charge in [-0.3, -0.25) is 4.79 Å². The van der Waals surface area contributed by atoms with Gasteiger partial charge in [-0.1, -0.05) is 0 Å². The molecule has 1 rings (SSSR count). The summed E-state index contributed by atoms with van der Waals surface area (Å²) >= 11 is 0. The molecule has 1 aliphatic rings. The van der Waals surface area contributed by atoms with Crippen molar-refractivity contribution in [1.29, 1.82) is 0 Å². The number of nitrogens with zero attached hydrogens (tertiary/aromatic N) is 1. The minimum atomic E-state index is -1.23. The Hall–Kier alpha value is -1.17. The molecule has 1 aliphatic heterocycles. The smallest absolute Gasteiger partial charge is 0.326 e. The molecule has 80 valence electrons. The monoisotopic (exact) mass is 204 g/mol. The predicted molar refractivity (Wildman–Crippen MR) is 46.3 cm³/mol. The molecule has 1 saturated heterocycles. The summed E-state index contributed by atoms with van der Waals surface area (Å²) in [6, 6.07) is -2.06. The predicted octanol–water partition coefficient (Wildman–Crippen LogP) is -0.641. The summed E-state index contributed by atoms with van der Waals surface area (Å²) in [7, 11) is 0. The standard InChI is InChI=1S/C8H13FN2O3/c9-4-5(10)7(12)11-3-1-2-6(11)8(13)14/h5-6H,1-4,10H2,(H,13,14)/t5-,6-/m0/s1. The van der Waals surface area contributed by atoms with Gasteiger partial charge in [0.1, 0.15) is 18.8 Å². The molecule has 0 bridgehead atoms. The summed E-state index contributed by atoms with van der Waals surface area (Å²) in [6.45, 7) is -0.606. The Kier molecular flexibility index (Phi) is 3.40. The van der Waals surface area contributed by atoms with E-state index < -0.39 is 30.6 Å². The van der Waals surface area contributed by atoms with Gasteiger partial charge in [0.25, 0.3) is 0 Å². The summed E-state index contributed by atoms with van der Waals surface area (Å²) in [5.74, 6) is -1.67. The van der Waals surface area contributed by atoms with E-state index in [1.807, 2.05) is 0 Å². The van der Waals surface area contributed by atoms with Gasteiger partial charge in [0.05, 0.1) is 0 Å². The lowest BCUT2D eigenvalue weighted by atomic mass is 10.2. The van der Waals surface area contributed by atoms with E-state index >= 15 is 0 Å². The van der Waals surface area contributed by atoms with Gasteiger partial charge in [-0.25, -0.2) is 9.18 Å². The van der Waals surface area contributed by atoms with Crippen molar-refractivity contribution in [1.82, 2.24) is 4.90 Å². The van der Waals surface area contributed by atoms with E-state index in [-0.39, 0.29) is 0 Å². The van der Waals surface area contributed by atoms with Crippen molar-refractivity contribution in [2.24, 2.45) is 5.73 Å². The van der Waals surface area contributed by atoms with Crippen LogP contribution in [0.25, 0.3) is 0 Å². The molecule has 0 saturated carbocycles. The molecule has 0 aliphatic carbocycles. The van der Waals surface area contributed by atoms with Gasteiger partial charge in [0.2, 0.25) is 5.91 Å². The first-order valence-corrected chi connectivity index (χ1v) is 4.42. The van der Waals surface area contributed by atoms with Crippen LogP contribution in [0, 0.1) is 0 Å². The van der Waals surface area contributed by atoms with Crippen molar-refractivity contribution in [2.75, 3.05) is 13.2 Å². The fourth-order valence-corrected chi connectivity index (χ4v) is 1.57. The van der Waals surface area contributed by atoms with Crippen LogP contribution < -0.4 is 5.73 Å². The minimum Gasteiger partial charge on any atom is -0.480 e. The second-order valence-electron chi connectivity index (χ2n) is 3.29. The lowest BCUT2D eigenvalue weighted by Crippen LogP contribution is -2.49. The van der Waals surface area contributed by atoms with Gasteiger partial charge in [0, 0.05) is 6.54 Å². The molecule has 0 aromatic rings. The highest BCUT2D eigenvalue weighted by Gasteiger charge is 2.35. The molecule has 1 amide bonds. The second-order valence-corrected chi connectivity index (χ2v) is 3.29. The number of hydrogen-bond acceptors (Lipinski definition) is 3. The first-order chi connectivity index (χ1) is 6.57. The van der Waals surface area contributed by atoms with E-state index in [1.165, 1.54) is 0 Å². The van der Waals surface area contributed by atoms with Crippen LogP contribution in [0.15, 0.2) is 0 Å². The van der Waals surface area contributed by atoms with Crippen LogP contribution in [0.3, 0.4) is 0 Å². The number of alkyl halides is 1. The van der Waals surface area contributed by atoms with Gasteiger partial charge in [-0.15, -0.1) is 0 Å². The fourth-order valence-electron chi connectivity index (χ4n) is 1.57. The first-order valence-electron chi connectivity index (χ1n) is 4.42. The number of halogens is 1. The minimum absolute atomic E-state index is 0.351. The summed E-state index contributed by atoms with van der Waals surface area (Å²) < 4.78 is 12.1. The van der Waals surface area contributed by atoms with Gasteiger partial charge in [-0.2, -0.15) is 0 Å². The Morgan fingerprint density at radius 2 is 2.29 bits per heavy atom. The van der Waals surface area contributed by atoms with E-state index in [9.17, 15) is 14.0 Å². The molecule has 14 heavy (non-hydrogen) atoms. The number of aliphatic carboxylic acids is 1. The largest absolute Gasteiger partial charge is 0.480 e. The van der Waals surface area contributed by atoms with E-state index in [4.69, 9.17) is 10.8 Å². The molecule has 1 heterocycles. The third kappa shape index (κ3) is 2.01. The Balaban J connectivity index is 2.67. The molecule has 0 radical (unpaired) electrons. The summed E-state index contributed by atoms with van der Waals surface area (Å²) in [5.41, 5.74) is 5.20. The third-order valence-electron chi connectivity index (χ3n) is 2.30. The zero-order valence-electron chi connectivity index (χ0n) is 7.65. The number of likely N-dealkylation sites (tertiary alicyclic amines) is 1. The molecule has 3 N–H and O–H groups in total. The first kappa shape index (κ1) is 10.9. The van der Waals surface area contributed by atoms with Crippen molar-refractivity contribution in [2.45, 2.75) is 24.9 Å². The van der Waals surface area contributed by atoms with Crippen molar-refractivity contribution in [3.63, 3.8) is 0 Å². The average Bonchev–Trinajstić information content (AvgIpc) is 2.63. The van der Waals surface area contributed by atoms with Gasteiger partial charge >= 0.3 is 5.97 Å². The van der Waals surface area contributed by atoms with E-state index in [0.717, 1.165) is 4.90 Å². The molecule has 0 unspecified atom stereocenters. The van der Waals surface area contributed by atoms with Crippen molar-refractivity contribution in [3.05, 3.63) is 0 Å². The van der Waals surface area contributed by atoms with Gasteiger partial charge < -0.3 is 15.7 Å². The highest BCUT2D eigenvalue weighted by Crippen LogP contribution is 2.18. The van der Waals surface area contributed by atoms with E-state index in [0.29, 0.717) is 19.4 Å². The van der Waals surface area contributed by atoms with Crippen molar-refractivity contribution >= 4 is 11.9 Å². The molecule has 2 atom stereocenters. The molecule has 6 heteroatoms. The topological polar surface area (TPSA) is 83.6 Å². The zero-order chi connectivity index (χ0) is 10.7. The number of hydrogen-bond donors (Lipinski definition) is 2. The van der Waals surface area contributed by atoms with Gasteiger partial charge in [-0.05, 0) is 12.8 Å². The molecular formula is C8H13FN2O3. The summed E-state index contributed by atoms with van der Waals surface area (Å²) in [5, 5.41) is 8.76. The average molecular weight is 204 g/mol. The van der Waals surface area contributed by atoms with E-state index in [2.05, 4.69) is 0 Å². The Labute approximate surface area is 80.7 Å². The van der Waals surface area contributed by atoms with Crippen LogP contribution in [-0.4, -0.2) is 47.2 Å². The number of nitrogens with two attached hydrogens (primary N) is 1. The third-order valence-corrected chi connectivity index (χ3v) is 2.30. The number of carboxylic acids is 1. The molecule has 5 nitrogen and oxygen atoms in total. The zero-order valence-corrected chi connectivity index (χ0v) is 7.65. The number of amides is 1. The van der Waals surface area contributed by atoms with Crippen LogP contribution in [0.5, 0.6) is 0 Å². The quantitative estimate of drug-likeness (QED) is 0.640. The number of carbonyl (C=O) groups excluding carboxylic acids is 1. The highest BCUT2D eigenvalue weighted by molar-refractivity contribution is 5.87. The normalized spacial score (nSPS) is 23.6. The molecule has 0 aromatic heterocycles. The SMILES string of the molecule is N[C@@H](CF)C(=O)N1CCC[C@H]1C(=O)O. The number of carbonyl (C=O) groups is 2. The lowest BCUT2D eigenvalue weighted by Gasteiger charge is -2.23. The summed E-state index contributed by atoms with van der Waals surface area (Å²) in [6.07, 6.45) is 1.04. The number of rotatable bonds is 3. The van der Waals surface area contributed by atoms with Crippen LogP contribution >= 0.6 is 0 Å². The Morgan fingerprint density at radius 3 is 2.79 bits per heavy atom. The fraction of sp³-hybridized carbons (Fsp3) is 0.750. The van der Waals surface area contributed by atoms with E-state index in [1.54, 1.807) is 0 Å². The Morgan fingerprint density at radius 1 is 1.64 bits per heavy atom. The van der Waals surface area contributed by atoms with Crippen molar-refractivity contribution in [3.8, 4) is 0 Å². The lowest BCUT2D eigenvalue weighted by molar-refractivity contribution is -0.148. The molecule has 0 spiro atoms. The highest BCUT2D eigenvalue weighted by atomic mass is 19.1. The molecule has 0 aromatic carbocycles. The number of carboxylic acid groups (broad SMARTS) is 1. The molecular weight excluding hydrogens is 191 g/mol. The maximum atomic E-state index is 12.1. The maximum absolute atomic E-state index is 12.1. The maximum Gasteiger partial charge on any atom is 0.326 e. The van der Waals surface area contributed by atoms with Gasteiger partial charge in [0.15, 0.2) is 0 Å². The van der Waals surface area contributed by atoms with Crippen LogP contribution in [-0.2, 0) is 9.59 Å². The van der Waals surface area contributed by atoms with Crippen LogP contribution in [0.4, 0.5) is 4.39 Å². The van der Waals surface area contributed by atoms with Crippen molar-refractivity contribution < 1.29 is 19.1 Å². The molecule has 1 fully saturated rings.